The zero-order chi connectivity index (χ0) is 11.3. The number of urea groups is 1. The van der Waals surface area contributed by atoms with E-state index in [9.17, 15) is 4.79 Å². The van der Waals surface area contributed by atoms with Gasteiger partial charge in [0.2, 0.25) is 0 Å². The summed E-state index contributed by atoms with van der Waals surface area (Å²) in [4.78, 5) is 12.3. The summed E-state index contributed by atoms with van der Waals surface area (Å²) >= 11 is 0. The van der Waals surface area contributed by atoms with Crippen molar-refractivity contribution in [3.05, 3.63) is 29.8 Å². The fourth-order valence-electron chi connectivity index (χ4n) is 1.23. The molecular weight excluding hydrogens is 192 g/mol. The maximum atomic E-state index is 10.8. The average molecular weight is 208 g/mol. The van der Waals surface area contributed by atoms with Gasteiger partial charge < -0.3 is 15.4 Å². The fraction of sp³-hybridized carbons (Fsp3) is 0.364. The highest BCUT2D eigenvalue weighted by Gasteiger charge is 2.03. The van der Waals surface area contributed by atoms with Crippen LogP contribution in [0.2, 0.25) is 0 Å². The van der Waals surface area contributed by atoms with Gasteiger partial charge >= 0.3 is 6.03 Å². The van der Waals surface area contributed by atoms with E-state index in [2.05, 4.69) is 0 Å². The SMILES string of the molecule is COc1cccc(CCN(C)C(N)=O)c1. The van der Waals surface area contributed by atoms with Crippen LogP contribution in [0.25, 0.3) is 0 Å². The molecule has 0 heterocycles. The van der Waals surface area contributed by atoms with Crippen LogP contribution in [-0.4, -0.2) is 31.6 Å². The summed E-state index contributed by atoms with van der Waals surface area (Å²) in [7, 11) is 3.32. The van der Waals surface area contributed by atoms with Crippen LogP contribution < -0.4 is 10.5 Å². The van der Waals surface area contributed by atoms with Gasteiger partial charge in [-0.1, -0.05) is 12.1 Å². The Morgan fingerprint density at radius 1 is 1.53 bits per heavy atom. The molecule has 0 fully saturated rings. The third kappa shape index (κ3) is 3.50. The van der Waals surface area contributed by atoms with Gasteiger partial charge in [-0.2, -0.15) is 0 Å². The Morgan fingerprint density at radius 2 is 2.27 bits per heavy atom. The first-order valence-corrected chi connectivity index (χ1v) is 4.77. The van der Waals surface area contributed by atoms with Crippen LogP contribution in [0.15, 0.2) is 24.3 Å². The highest BCUT2D eigenvalue weighted by molar-refractivity contribution is 5.71. The lowest BCUT2D eigenvalue weighted by atomic mass is 10.1. The standard InChI is InChI=1S/C11H16N2O2/c1-13(11(12)14)7-6-9-4-3-5-10(8-9)15-2/h3-5,8H,6-7H2,1-2H3,(H2,12,14). The van der Waals surface area contributed by atoms with E-state index in [1.54, 1.807) is 14.2 Å². The summed E-state index contributed by atoms with van der Waals surface area (Å²) in [6.45, 7) is 0.614. The van der Waals surface area contributed by atoms with Gasteiger partial charge in [0.05, 0.1) is 7.11 Å². The molecule has 0 aliphatic rings. The van der Waals surface area contributed by atoms with E-state index in [4.69, 9.17) is 10.5 Å². The molecule has 2 amide bonds. The summed E-state index contributed by atoms with van der Waals surface area (Å²) in [6.07, 6.45) is 0.774. The Balaban J connectivity index is 2.53. The number of carbonyl (C=O) groups excluding carboxylic acids is 1. The van der Waals surface area contributed by atoms with E-state index in [0.717, 1.165) is 17.7 Å². The summed E-state index contributed by atoms with van der Waals surface area (Å²) in [5.41, 5.74) is 6.25. The number of nitrogens with zero attached hydrogens (tertiary/aromatic N) is 1. The molecule has 0 aromatic heterocycles. The Labute approximate surface area is 89.6 Å². The van der Waals surface area contributed by atoms with Crippen LogP contribution in [-0.2, 0) is 6.42 Å². The van der Waals surface area contributed by atoms with Crippen molar-refractivity contribution < 1.29 is 9.53 Å². The normalized spacial score (nSPS) is 9.73. The quantitative estimate of drug-likeness (QED) is 0.809. The predicted octanol–water partition coefficient (Wildman–Crippen LogP) is 1.25. The van der Waals surface area contributed by atoms with E-state index in [0.29, 0.717) is 6.54 Å². The molecule has 0 radical (unpaired) electrons. The van der Waals surface area contributed by atoms with Crippen LogP contribution in [0, 0.1) is 0 Å². The van der Waals surface area contributed by atoms with Crippen molar-refractivity contribution in [3.8, 4) is 5.75 Å². The monoisotopic (exact) mass is 208 g/mol. The summed E-state index contributed by atoms with van der Waals surface area (Å²) in [6, 6.07) is 7.37. The van der Waals surface area contributed by atoms with E-state index in [1.807, 2.05) is 24.3 Å². The van der Waals surface area contributed by atoms with Gasteiger partial charge in [-0.05, 0) is 24.1 Å². The van der Waals surface area contributed by atoms with Crippen molar-refractivity contribution in [1.82, 2.24) is 4.90 Å². The van der Waals surface area contributed by atoms with Crippen LogP contribution in [0.3, 0.4) is 0 Å². The molecule has 1 rings (SSSR count). The second kappa shape index (κ2) is 5.24. The third-order valence-corrected chi connectivity index (χ3v) is 2.25. The van der Waals surface area contributed by atoms with Gasteiger partial charge in [-0.25, -0.2) is 4.79 Å². The first-order valence-electron chi connectivity index (χ1n) is 4.77. The highest BCUT2D eigenvalue weighted by atomic mass is 16.5. The van der Waals surface area contributed by atoms with Crippen molar-refractivity contribution in [2.75, 3.05) is 20.7 Å². The maximum absolute atomic E-state index is 10.8. The van der Waals surface area contributed by atoms with Gasteiger partial charge in [0.1, 0.15) is 5.75 Å². The Morgan fingerprint density at radius 3 is 2.87 bits per heavy atom. The Hall–Kier alpha value is -1.71. The van der Waals surface area contributed by atoms with Crippen LogP contribution in [0.1, 0.15) is 5.56 Å². The second-order valence-electron chi connectivity index (χ2n) is 3.36. The van der Waals surface area contributed by atoms with Gasteiger partial charge in [-0.3, -0.25) is 0 Å². The lowest BCUT2D eigenvalue weighted by Crippen LogP contribution is -2.33. The van der Waals surface area contributed by atoms with E-state index in [1.165, 1.54) is 4.90 Å². The van der Waals surface area contributed by atoms with Crippen molar-refractivity contribution in [3.63, 3.8) is 0 Å². The molecule has 0 bridgehead atoms. The van der Waals surface area contributed by atoms with Gasteiger partial charge in [0, 0.05) is 13.6 Å². The predicted molar refractivity (Wildman–Crippen MR) is 58.9 cm³/mol. The van der Waals surface area contributed by atoms with E-state index in [-0.39, 0.29) is 0 Å². The molecule has 2 N–H and O–H groups in total. The number of methoxy groups -OCH3 is 1. The minimum Gasteiger partial charge on any atom is -0.497 e. The lowest BCUT2D eigenvalue weighted by Gasteiger charge is -2.13. The van der Waals surface area contributed by atoms with E-state index < -0.39 is 6.03 Å². The molecule has 0 atom stereocenters. The number of ether oxygens (including phenoxy) is 1. The molecule has 0 aliphatic heterocycles. The van der Waals surface area contributed by atoms with Gasteiger partial charge in [0.25, 0.3) is 0 Å². The number of rotatable bonds is 4. The molecule has 1 aromatic rings. The smallest absolute Gasteiger partial charge is 0.314 e. The van der Waals surface area contributed by atoms with Crippen molar-refractivity contribution >= 4 is 6.03 Å². The molecular formula is C11H16N2O2. The number of nitrogens with two attached hydrogens (primary N) is 1. The van der Waals surface area contributed by atoms with Crippen LogP contribution in [0.4, 0.5) is 4.79 Å². The summed E-state index contributed by atoms with van der Waals surface area (Å²) < 4.78 is 5.10. The molecule has 0 saturated heterocycles. The van der Waals surface area contributed by atoms with Crippen molar-refractivity contribution in [1.29, 1.82) is 0 Å². The van der Waals surface area contributed by atoms with E-state index >= 15 is 0 Å². The molecule has 15 heavy (non-hydrogen) atoms. The minimum atomic E-state index is -0.405. The molecule has 0 spiro atoms. The average Bonchev–Trinajstić information content (AvgIpc) is 2.26. The maximum Gasteiger partial charge on any atom is 0.314 e. The third-order valence-electron chi connectivity index (χ3n) is 2.25. The first kappa shape index (κ1) is 11.4. The minimum absolute atomic E-state index is 0.405. The molecule has 0 unspecified atom stereocenters. The zero-order valence-electron chi connectivity index (χ0n) is 9.06. The first-order chi connectivity index (χ1) is 7.13. The molecule has 4 heteroatoms. The van der Waals surface area contributed by atoms with Gasteiger partial charge in [-0.15, -0.1) is 0 Å². The molecule has 0 aliphatic carbocycles. The van der Waals surface area contributed by atoms with Crippen LogP contribution >= 0.6 is 0 Å². The topological polar surface area (TPSA) is 55.6 Å². The van der Waals surface area contributed by atoms with Crippen LogP contribution in [0.5, 0.6) is 5.75 Å². The number of hydrogen-bond acceptors (Lipinski definition) is 2. The molecule has 82 valence electrons. The Bertz CT molecular complexity index is 339. The van der Waals surface area contributed by atoms with Crippen molar-refractivity contribution in [2.45, 2.75) is 6.42 Å². The fourth-order valence-corrected chi connectivity index (χ4v) is 1.23. The molecule has 1 aromatic carbocycles. The number of hydrogen-bond donors (Lipinski definition) is 1. The molecule has 4 nitrogen and oxygen atoms in total. The van der Waals surface area contributed by atoms with Gasteiger partial charge in [0.15, 0.2) is 0 Å². The number of benzene rings is 1. The number of amides is 2. The number of likely N-dealkylation sites (N-methyl/N-ethyl adjacent to an activating group) is 1. The second-order valence-corrected chi connectivity index (χ2v) is 3.36. The summed E-state index contributed by atoms with van der Waals surface area (Å²) in [5, 5.41) is 0. The highest BCUT2D eigenvalue weighted by Crippen LogP contribution is 2.12. The largest absolute Gasteiger partial charge is 0.497 e. The lowest BCUT2D eigenvalue weighted by molar-refractivity contribution is 0.219. The number of carbonyl (C=O) groups is 1. The Kier molecular flexibility index (Phi) is 3.97. The summed E-state index contributed by atoms with van der Waals surface area (Å²) in [5.74, 6) is 0.828. The van der Waals surface area contributed by atoms with Crippen molar-refractivity contribution in [2.24, 2.45) is 5.73 Å². The zero-order valence-corrected chi connectivity index (χ0v) is 9.06. The molecule has 0 saturated carbocycles. The number of primary amides is 1.